The number of benzene rings is 2. The molecule has 0 aliphatic carbocycles. The molecule has 7 heteroatoms. The quantitative estimate of drug-likeness (QED) is 0.787. The smallest absolute Gasteiger partial charge is 0.193 e. The molecule has 0 saturated heterocycles. The summed E-state index contributed by atoms with van der Waals surface area (Å²) >= 11 is 5.89. The minimum atomic E-state index is -1.76. The summed E-state index contributed by atoms with van der Waals surface area (Å²) in [5.41, 5.74) is 0.801. The van der Waals surface area contributed by atoms with Crippen molar-refractivity contribution in [3.63, 3.8) is 0 Å². The molecule has 0 radical (unpaired) electrons. The van der Waals surface area contributed by atoms with Gasteiger partial charge in [-0.15, -0.1) is 0 Å². The Labute approximate surface area is 135 Å². The van der Waals surface area contributed by atoms with Crippen molar-refractivity contribution in [2.45, 2.75) is 4.90 Å². The maximum atomic E-state index is 12.4. The van der Waals surface area contributed by atoms with Gasteiger partial charge in [0.05, 0.1) is 16.5 Å². The number of ether oxygens (including phenoxy) is 1. The highest BCUT2D eigenvalue weighted by atomic mass is 35.5. The Morgan fingerprint density at radius 1 is 1.18 bits per heavy atom. The molecule has 0 aromatic heterocycles. The van der Waals surface area contributed by atoms with Gasteiger partial charge >= 0.3 is 0 Å². The van der Waals surface area contributed by atoms with Crippen LogP contribution in [-0.2, 0) is 11.0 Å². The van der Waals surface area contributed by atoms with Crippen LogP contribution in [0.3, 0.4) is 0 Å². The van der Waals surface area contributed by atoms with Crippen LogP contribution < -0.4 is 9.88 Å². The normalized spacial score (nSPS) is 12.0. The van der Waals surface area contributed by atoms with Crippen LogP contribution in [0.2, 0.25) is 5.02 Å². The van der Waals surface area contributed by atoms with Gasteiger partial charge < -0.3 is 9.84 Å². The average molecular weight is 340 g/mol. The fraction of sp³-hybridized carbons (Fsp3) is 0.133. The van der Waals surface area contributed by atoms with E-state index >= 15 is 0 Å². The molecule has 0 aliphatic heterocycles. The SMILES string of the molecule is NS(=O)c1cc(C(=O)c2ccc(OCCO)cc2)ccc1Cl. The predicted octanol–water partition coefficient (Wildman–Crippen LogP) is 1.92. The van der Waals surface area contributed by atoms with Gasteiger partial charge in [-0.1, -0.05) is 11.6 Å². The van der Waals surface area contributed by atoms with Crippen molar-refractivity contribution in [1.82, 2.24) is 0 Å². The van der Waals surface area contributed by atoms with E-state index in [4.69, 9.17) is 26.6 Å². The second kappa shape index (κ2) is 7.51. The van der Waals surface area contributed by atoms with E-state index in [1.54, 1.807) is 30.3 Å². The summed E-state index contributed by atoms with van der Waals surface area (Å²) < 4.78 is 16.6. The summed E-state index contributed by atoms with van der Waals surface area (Å²) in [7, 11) is -1.76. The van der Waals surface area contributed by atoms with Crippen molar-refractivity contribution in [3.05, 3.63) is 58.6 Å². The first-order valence-corrected chi connectivity index (χ1v) is 7.96. The summed E-state index contributed by atoms with van der Waals surface area (Å²) in [6.07, 6.45) is 0. The summed E-state index contributed by atoms with van der Waals surface area (Å²) in [4.78, 5) is 12.6. The standard InChI is InChI=1S/C15H14ClNO4S/c16-13-6-3-11(9-14(13)22(17)20)15(19)10-1-4-12(5-2-10)21-8-7-18/h1-6,9,18H,7-8,17H2. The van der Waals surface area contributed by atoms with E-state index in [-0.39, 0.29) is 28.9 Å². The maximum absolute atomic E-state index is 12.4. The van der Waals surface area contributed by atoms with Crippen LogP contribution in [0.1, 0.15) is 15.9 Å². The third-order valence-corrected chi connectivity index (χ3v) is 4.10. The van der Waals surface area contributed by atoms with Crippen molar-refractivity contribution >= 4 is 28.4 Å². The number of carbonyl (C=O) groups excluding carboxylic acids is 1. The van der Waals surface area contributed by atoms with E-state index in [0.717, 1.165) is 0 Å². The number of hydrogen-bond donors (Lipinski definition) is 2. The highest BCUT2D eigenvalue weighted by Crippen LogP contribution is 2.22. The fourth-order valence-electron chi connectivity index (χ4n) is 1.83. The molecule has 0 bridgehead atoms. The number of rotatable bonds is 6. The van der Waals surface area contributed by atoms with Gasteiger partial charge in [-0.3, -0.25) is 4.79 Å². The minimum Gasteiger partial charge on any atom is -0.491 e. The molecule has 2 aromatic rings. The van der Waals surface area contributed by atoms with E-state index in [2.05, 4.69) is 0 Å². The molecule has 0 heterocycles. The molecule has 3 N–H and O–H groups in total. The second-order valence-corrected chi connectivity index (χ2v) is 5.81. The van der Waals surface area contributed by atoms with Crippen molar-refractivity contribution in [3.8, 4) is 5.75 Å². The van der Waals surface area contributed by atoms with Crippen LogP contribution in [0, 0.1) is 0 Å². The lowest BCUT2D eigenvalue weighted by Crippen LogP contribution is -2.07. The zero-order chi connectivity index (χ0) is 16.1. The van der Waals surface area contributed by atoms with Crippen LogP contribution in [0.25, 0.3) is 0 Å². The van der Waals surface area contributed by atoms with Crippen LogP contribution in [0.15, 0.2) is 47.4 Å². The van der Waals surface area contributed by atoms with Crippen LogP contribution in [0.5, 0.6) is 5.75 Å². The summed E-state index contributed by atoms with van der Waals surface area (Å²) in [6.45, 7) is 0.112. The lowest BCUT2D eigenvalue weighted by molar-refractivity contribution is 0.103. The lowest BCUT2D eigenvalue weighted by Gasteiger charge is -2.07. The van der Waals surface area contributed by atoms with Crippen LogP contribution >= 0.6 is 11.6 Å². The molecule has 5 nitrogen and oxygen atoms in total. The van der Waals surface area contributed by atoms with E-state index in [1.807, 2.05) is 0 Å². The molecule has 1 unspecified atom stereocenters. The Balaban J connectivity index is 2.24. The number of aliphatic hydroxyl groups excluding tert-OH is 1. The maximum Gasteiger partial charge on any atom is 0.193 e. The van der Waals surface area contributed by atoms with Gasteiger partial charge in [-0.05, 0) is 42.5 Å². The zero-order valence-corrected chi connectivity index (χ0v) is 13.1. The molecule has 0 amide bonds. The minimum absolute atomic E-state index is 0.0789. The first kappa shape index (κ1) is 16.6. The molecule has 0 saturated carbocycles. The largest absolute Gasteiger partial charge is 0.491 e. The number of halogens is 1. The van der Waals surface area contributed by atoms with E-state index < -0.39 is 11.0 Å². The Bertz CT molecular complexity index is 703. The molecule has 1 atom stereocenters. The van der Waals surface area contributed by atoms with Crippen molar-refractivity contribution < 1.29 is 18.8 Å². The van der Waals surface area contributed by atoms with Gasteiger partial charge in [-0.25, -0.2) is 9.35 Å². The Morgan fingerprint density at radius 2 is 1.82 bits per heavy atom. The summed E-state index contributed by atoms with van der Waals surface area (Å²) in [5.74, 6) is 0.322. The second-order valence-electron chi connectivity index (χ2n) is 4.37. The molecule has 0 spiro atoms. The van der Waals surface area contributed by atoms with Crippen LogP contribution in [0.4, 0.5) is 0 Å². The molecule has 0 aliphatic rings. The molecule has 2 aromatic carbocycles. The first-order chi connectivity index (χ1) is 10.5. The van der Waals surface area contributed by atoms with Gasteiger partial charge in [-0.2, -0.15) is 0 Å². The molecule has 0 fully saturated rings. The van der Waals surface area contributed by atoms with Gasteiger partial charge in [0.15, 0.2) is 5.78 Å². The fourth-order valence-corrected chi connectivity index (χ4v) is 2.68. The number of ketones is 1. The van der Waals surface area contributed by atoms with Gasteiger partial charge in [0.1, 0.15) is 23.3 Å². The number of hydrogen-bond acceptors (Lipinski definition) is 4. The third kappa shape index (κ3) is 3.92. The highest BCUT2D eigenvalue weighted by molar-refractivity contribution is 7.82. The highest BCUT2D eigenvalue weighted by Gasteiger charge is 2.13. The van der Waals surface area contributed by atoms with Crippen molar-refractivity contribution in [2.24, 2.45) is 5.14 Å². The first-order valence-electron chi connectivity index (χ1n) is 6.37. The lowest BCUT2D eigenvalue weighted by atomic mass is 10.0. The molecule has 116 valence electrons. The van der Waals surface area contributed by atoms with E-state index in [0.29, 0.717) is 16.9 Å². The number of carbonyl (C=O) groups is 1. The Hall–Kier alpha value is -1.73. The molecular weight excluding hydrogens is 326 g/mol. The average Bonchev–Trinajstić information content (AvgIpc) is 2.53. The Kier molecular flexibility index (Phi) is 5.68. The monoisotopic (exact) mass is 339 g/mol. The topological polar surface area (TPSA) is 89.6 Å². The van der Waals surface area contributed by atoms with Crippen molar-refractivity contribution in [2.75, 3.05) is 13.2 Å². The van der Waals surface area contributed by atoms with Gasteiger partial charge in [0, 0.05) is 11.1 Å². The number of aliphatic hydroxyl groups is 1. The number of nitrogens with two attached hydrogens (primary N) is 1. The summed E-state index contributed by atoms with van der Waals surface area (Å²) in [5, 5.41) is 14.3. The van der Waals surface area contributed by atoms with Gasteiger partial charge in [0.25, 0.3) is 0 Å². The molecule has 22 heavy (non-hydrogen) atoms. The molecule has 2 rings (SSSR count). The van der Waals surface area contributed by atoms with E-state index in [1.165, 1.54) is 12.1 Å². The van der Waals surface area contributed by atoms with Gasteiger partial charge in [0.2, 0.25) is 0 Å². The van der Waals surface area contributed by atoms with E-state index in [9.17, 15) is 9.00 Å². The summed E-state index contributed by atoms with van der Waals surface area (Å²) in [6, 6.07) is 11.0. The zero-order valence-electron chi connectivity index (χ0n) is 11.5. The predicted molar refractivity (Wildman–Crippen MR) is 84.5 cm³/mol. The Morgan fingerprint density at radius 3 is 2.41 bits per heavy atom. The molecular formula is C15H14ClNO4S. The van der Waals surface area contributed by atoms with Crippen molar-refractivity contribution in [1.29, 1.82) is 0 Å². The van der Waals surface area contributed by atoms with Crippen LogP contribution in [-0.4, -0.2) is 28.3 Å². The third-order valence-electron chi connectivity index (χ3n) is 2.89.